The highest BCUT2D eigenvalue weighted by atomic mass is 16.5. The Morgan fingerprint density at radius 2 is 2.44 bits per heavy atom. The fourth-order valence-corrected chi connectivity index (χ4v) is 2.44. The largest absolute Gasteiger partial charge is 0.361 e. The highest BCUT2D eigenvalue weighted by molar-refractivity contribution is 5.82. The van der Waals surface area contributed by atoms with Crippen LogP contribution in [0.25, 0.3) is 0 Å². The van der Waals surface area contributed by atoms with Gasteiger partial charge >= 0.3 is 0 Å². The normalized spacial score (nSPS) is 22.7. The quantitative estimate of drug-likeness (QED) is 0.851. The zero-order chi connectivity index (χ0) is 13.2. The van der Waals surface area contributed by atoms with Gasteiger partial charge in [0.25, 0.3) is 0 Å². The van der Waals surface area contributed by atoms with E-state index in [-0.39, 0.29) is 17.4 Å². The Morgan fingerprint density at radius 1 is 1.67 bits per heavy atom. The molecule has 100 valence electrons. The van der Waals surface area contributed by atoms with E-state index in [9.17, 15) is 4.79 Å². The summed E-state index contributed by atoms with van der Waals surface area (Å²) in [6, 6.07) is 1.71. The summed E-state index contributed by atoms with van der Waals surface area (Å²) in [7, 11) is 0. The number of hydrogen-bond acceptors (Lipinski definition) is 4. The number of nitrogens with one attached hydrogen (secondary N) is 2. The van der Waals surface area contributed by atoms with Crippen molar-refractivity contribution in [3.8, 4) is 0 Å². The second-order valence-electron chi connectivity index (χ2n) is 5.63. The highest BCUT2D eigenvalue weighted by Gasteiger charge is 2.36. The maximum atomic E-state index is 12.2. The molecule has 0 aliphatic carbocycles. The van der Waals surface area contributed by atoms with Crippen molar-refractivity contribution in [1.82, 2.24) is 15.8 Å². The number of aryl methyl sites for hydroxylation is 1. The van der Waals surface area contributed by atoms with Crippen molar-refractivity contribution in [2.24, 2.45) is 5.41 Å². The lowest BCUT2D eigenvalue weighted by molar-refractivity contribution is -0.127. The van der Waals surface area contributed by atoms with Crippen LogP contribution < -0.4 is 10.6 Å². The minimum absolute atomic E-state index is 0.00206. The molecule has 0 saturated carbocycles. The van der Waals surface area contributed by atoms with Crippen LogP contribution >= 0.6 is 0 Å². The number of carbonyl (C=O) groups excluding carboxylic acids is 1. The van der Waals surface area contributed by atoms with Crippen LogP contribution in [0.1, 0.15) is 38.1 Å². The Balaban J connectivity index is 1.91. The van der Waals surface area contributed by atoms with Crippen molar-refractivity contribution in [3.05, 3.63) is 17.5 Å². The van der Waals surface area contributed by atoms with Crippen LogP contribution in [0.15, 0.2) is 10.6 Å². The number of hydrogen-bond donors (Lipinski definition) is 2. The van der Waals surface area contributed by atoms with E-state index < -0.39 is 0 Å². The number of aromatic nitrogens is 1. The second-order valence-corrected chi connectivity index (χ2v) is 5.63. The van der Waals surface area contributed by atoms with E-state index >= 15 is 0 Å². The van der Waals surface area contributed by atoms with Crippen LogP contribution in [0.3, 0.4) is 0 Å². The van der Waals surface area contributed by atoms with Crippen LogP contribution in [0.4, 0.5) is 0 Å². The maximum absolute atomic E-state index is 12.2. The fourth-order valence-electron chi connectivity index (χ4n) is 2.44. The van der Waals surface area contributed by atoms with Gasteiger partial charge in [-0.05, 0) is 31.7 Å². The molecule has 5 nitrogen and oxygen atoms in total. The van der Waals surface area contributed by atoms with Crippen molar-refractivity contribution in [2.45, 2.75) is 46.2 Å². The molecule has 0 bridgehead atoms. The van der Waals surface area contributed by atoms with Crippen LogP contribution in [-0.2, 0) is 11.3 Å². The molecule has 0 spiro atoms. The van der Waals surface area contributed by atoms with Crippen LogP contribution in [-0.4, -0.2) is 23.7 Å². The average Bonchev–Trinajstić information content (AvgIpc) is 2.71. The Morgan fingerprint density at radius 3 is 3.06 bits per heavy atom. The molecule has 1 aromatic heterocycles. The van der Waals surface area contributed by atoms with Crippen molar-refractivity contribution in [1.29, 1.82) is 0 Å². The van der Waals surface area contributed by atoms with Gasteiger partial charge in [-0.3, -0.25) is 4.79 Å². The van der Waals surface area contributed by atoms with Crippen molar-refractivity contribution in [2.75, 3.05) is 6.54 Å². The minimum Gasteiger partial charge on any atom is -0.361 e. The lowest BCUT2D eigenvalue weighted by atomic mass is 9.77. The van der Waals surface area contributed by atoms with Gasteiger partial charge in [-0.15, -0.1) is 0 Å². The van der Waals surface area contributed by atoms with Gasteiger partial charge in [0, 0.05) is 6.07 Å². The molecule has 5 heteroatoms. The molecule has 1 aromatic rings. The SMILES string of the molecule is Cc1cc(CNC(=O)C2NCCCC2(C)C)no1. The summed E-state index contributed by atoms with van der Waals surface area (Å²) in [5.41, 5.74) is 0.761. The fraction of sp³-hybridized carbons (Fsp3) is 0.692. The third-order valence-corrected chi connectivity index (χ3v) is 3.51. The summed E-state index contributed by atoms with van der Waals surface area (Å²) < 4.78 is 4.97. The molecule has 1 fully saturated rings. The third kappa shape index (κ3) is 2.90. The first kappa shape index (κ1) is 13.1. The van der Waals surface area contributed by atoms with Crippen molar-refractivity contribution in [3.63, 3.8) is 0 Å². The van der Waals surface area contributed by atoms with Gasteiger partial charge in [0.2, 0.25) is 5.91 Å². The first-order chi connectivity index (χ1) is 8.49. The van der Waals surface area contributed by atoms with E-state index in [1.54, 1.807) is 0 Å². The number of amides is 1. The number of nitrogens with zero attached hydrogens (tertiary/aromatic N) is 1. The summed E-state index contributed by atoms with van der Waals surface area (Å²) in [4.78, 5) is 12.2. The molecule has 18 heavy (non-hydrogen) atoms. The molecule has 2 rings (SSSR count). The molecule has 1 saturated heterocycles. The zero-order valence-corrected chi connectivity index (χ0v) is 11.2. The number of rotatable bonds is 3. The molecule has 1 aliphatic heterocycles. The van der Waals surface area contributed by atoms with Crippen LogP contribution in [0.5, 0.6) is 0 Å². The standard InChI is InChI=1S/C13H21N3O2/c1-9-7-10(16-18-9)8-15-12(17)11-13(2,3)5-4-6-14-11/h7,11,14H,4-6,8H2,1-3H3,(H,15,17). The number of piperidine rings is 1. The summed E-state index contributed by atoms with van der Waals surface area (Å²) in [5, 5.41) is 10.1. The van der Waals surface area contributed by atoms with E-state index in [0.29, 0.717) is 6.54 Å². The predicted octanol–water partition coefficient (Wildman–Crippen LogP) is 1.38. The molecule has 0 radical (unpaired) electrons. The van der Waals surface area contributed by atoms with Gasteiger partial charge in [0.1, 0.15) is 11.5 Å². The Labute approximate surface area is 107 Å². The highest BCUT2D eigenvalue weighted by Crippen LogP contribution is 2.30. The van der Waals surface area contributed by atoms with Gasteiger partial charge in [-0.25, -0.2) is 0 Å². The Bertz CT molecular complexity index is 426. The average molecular weight is 251 g/mol. The van der Waals surface area contributed by atoms with Gasteiger partial charge in [-0.1, -0.05) is 19.0 Å². The van der Waals surface area contributed by atoms with E-state index in [1.807, 2.05) is 13.0 Å². The van der Waals surface area contributed by atoms with Gasteiger partial charge in [0.05, 0.1) is 12.6 Å². The molecule has 1 amide bonds. The van der Waals surface area contributed by atoms with E-state index in [4.69, 9.17) is 4.52 Å². The van der Waals surface area contributed by atoms with Crippen molar-refractivity contribution < 1.29 is 9.32 Å². The lowest BCUT2D eigenvalue weighted by Crippen LogP contribution is -2.55. The van der Waals surface area contributed by atoms with E-state index in [0.717, 1.165) is 30.8 Å². The summed E-state index contributed by atoms with van der Waals surface area (Å²) in [6.45, 7) is 7.42. The monoisotopic (exact) mass is 251 g/mol. The number of carbonyl (C=O) groups is 1. The van der Waals surface area contributed by atoms with Crippen LogP contribution in [0, 0.1) is 12.3 Å². The molecular formula is C13H21N3O2. The molecule has 1 atom stereocenters. The smallest absolute Gasteiger partial charge is 0.238 e. The van der Waals surface area contributed by atoms with Crippen LogP contribution in [0.2, 0.25) is 0 Å². The molecule has 2 heterocycles. The third-order valence-electron chi connectivity index (χ3n) is 3.51. The van der Waals surface area contributed by atoms with Gasteiger partial charge in [-0.2, -0.15) is 0 Å². The van der Waals surface area contributed by atoms with Gasteiger partial charge in [0.15, 0.2) is 0 Å². The van der Waals surface area contributed by atoms with Gasteiger partial charge < -0.3 is 15.2 Å². The van der Waals surface area contributed by atoms with E-state index in [1.165, 1.54) is 0 Å². The Kier molecular flexibility index (Phi) is 3.71. The molecule has 2 N–H and O–H groups in total. The second kappa shape index (κ2) is 5.10. The summed E-state index contributed by atoms with van der Waals surface area (Å²) in [6.07, 6.45) is 2.19. The summed E-state index contributed by atoms with van der Waals surface area (Å²) >= 11 is 0. The minimum atomic E-state index is -0.126. The maximum Gasteiger partial charge on any atom is 0.238 e. The molecule has 0 aromatic carbocycles. The first-order valence-corrected chi connectivity index (χ1v) is 6.42. The zero-order valence-electron chi connectivity index (χ0n) is 11.2. The molecular weight excluding hydrogens is 230 g/mol. The molecule has 1 aliphatic rings. The predicted molar refractivity (Wildman–Crippen MR) is 67.9 cm³/mol. The van der Waals surface area contributed by atoms with E-state index in [2.05, 4.69) is 29.6 Å². The van der Waals surface area contributed by atoms with Crippen molar-refractivity contribution >= 4 is 5.91 Å². The lowest BCUT2D eigenvalue weighted by Gasteiger charge is -2.38. The summed E-state index contributed by atoms with van der Waals surface area (Å²) in [5.74, 6) is 0.802. The molecule has 1 unspecified atom stereocenters. The topological polar surface area (TPSA) is 67.2 Å². The first-order valence-electron chi connectivity index (χ1n) is 6.42. The Hall–Kier alpha value is -1.36.